The molecular weight excluding hydrogens is 268 g/mol. The lowest BCUT2D eigenvalue weighted by Gasteiger charge is -2.12. The number of allylic oxidation sites excluding steroid dienone is 2. The number of methoxy groups -OCH3 is 1. The fourth-order valence-corrected chi connectivity index (χ4v) is 2.31. The van der Waals surface area contributed by atoms with Gasteiger partial charge < -0.3 is 10.1 Å². The van der Waals surface area contributed by atoms with E-state index in [-0.39, 0.29) is 17.4 Å². The summed E-state index contributed by atoms with van der Waals surface area (Å²) in [6.07, 6.45) is 6.48. The van der Waals surface area contributed by atoms with E-state index in [1.165, 1.54) is 13.2 Å². The number of nitrogens with zero attached hydrogens (tertiary/aromatic N) is 1. The topological polar surface area (TPSA) is 79.2 Å². The Hall–Kier alpha value is -2.61. The first kappa shape index (κ1) is 14.8. The summed E-state index contributed by atoms with van der Waals surface area (Å²) in [6, 6.07) is 6.47. The minimum atomic E-state index is -0.580. The normalized spacial score (nSPS) is 16.3. The van der Waals surface area contributed by atoms with E-state index < -0.39 is 5.97 Å². The van der Waals surface area contributed by atoms with Crippen molar-refractivity contribution in [2.45, 2.75) is 19.3 Å². The van der Waals surface area contributed by atoms with E-state index in [1.54, 1.807) is 12.1 Å². The maximum Gasteiger partial charge on any atom is 0.340 e. The number of rotatable bonds is 4. The van der Waals surface area contributed by atoms with Crippen LogP contribution in [-0.2, 0) is 9.53 Å². The van der Waals surface area contributed by atoms with Gasteiger partial charge in [0.1, 0.15) is 0 Å². The standard InChI is InChI=1S/C16H16N2O3/c1-21-16(20)13-8-12(10-17)6-7-14(13)18-15(19)9-11-4-2-3-5-11/h2,4,6-8,11H,3,5,9H2,1H3,(H,18,19). The highest BCUT2D eigenvalue weighted by atomic mass is 16.5. The van der Waals surface area contributed by atoms with Gasteiger partial charge in [-0.1, -0.05) is 12.2 Å². The van der Waals surface area contributed by atoms with Crippen molar-refractivity contribution in [3.05, 3.63) is 41.5 Å². The highest BCUT2D eigenvalue weighted by molar-refractivity contribution is 6.01. The van der Waals surface area contributed by atoms with Crippen molar-refractivity contribution in [1.82, 2.24) is 0 Å². The maximum absolute atomic E-state index is 12.0. The molecule has 0 aromatic heterocycles. The number of carbonyl (C=O) groups is 2. The van der Waals surface area contributed by atoms with Gasteiger partial charge in [-0.15, -0.1) is 0 Å². The van der Waals surface area contributed by atoms with E-state index in [9.17, 15) is 9.59 Å². The first-order chi connectivity index (χ1) is 10.1. The highest BCUT2D eigenvalue weighted by Crippen LogP contribution is 2.23. The molecule has 21 heavy (non-hydrogen) atoms. The fraction of sp³-hybridized carbons (Fsp3) is 0.312. The van der Waals surface area contributed by atoms with Crippen LogP contribution >= 0.6 is 0 Å². The molecule has 5 nitrogen and oxygen atoms in total. The van der Waals surface area contributed by atoms with Gasteiger partial charge in [0.15, 0.2) is 0 Å². The second-order valence-electron chi connectivity index (χ2n) is 4.88. The summed E-state index contributed by atoms with van der Waals surface area (Å²) in [7, 11) is 1.26. The zero-order valence-electron chi connectivity index (χ0n) is 11.8. The molecule has 0 fully saturated rings. The number of nitriles is 1. The first-order valence-corrected chi connectivity index (χ1v) is 6.73. The van der Waals surface area contributed by atoms with Crippen LogP contribution in [0.1, 0.15) is 35.2 Å². The molecule has 5 heteroatoms. The molecule has 1 aromatic rings. The van der Waals surface area contributed by atoms with Gasteiger partial charge in [-0.25, -0.2) is 4.79 Å². The molecule has 0 saturated carbocycles. The van der Waals surface area contributed by atoms with Gasteiger partial charge in [-0.3, -0.25) is 4.79 Å². The van der Waals surface area contributed by atoms with E-state index in [0.717, 1.165) is 12.8 Å². The van der Waals surface area contributed by atoms with Crippen LogP contribution in [0.5, 0.6) is 0 Å². The van der Waals surface area contributed by atoms with Crippen LogP contribution in [0.25, 0.3) is 0 Å². The van der Waals surface area contributed by atoms with Crippen LogP contribution in [0.15, 0.2) is 30.4 Å². The molecule has 0 radical (unpaired) electrons. The Morgan fingerprint density at radius 1 is 1.48 bits per heavy atom. The lowest BCUT2D eigenvalue weighted by Crippen LogP contribution is -2.17. The van der Waals surface area contributed by atoms with Crippen molar-refractivity contribution in [3.63, 3.8) is 0 Å². The molecule has 0 aliphatic heterocycles. The Balaban J connectivity index is 2.14. The minimum absolute atomic E-state index is 0.151. The van der Waals surface area contributed by atoms with Crippen LogP contribution in [-0.4, -0.2) is 19.0 Å². The maximum atomic E-state index is 12.0. The second kappa shape index (κ2) is 6.71. The van der Waals surface area contributed by atoms with Crippen LogP contribution in [0.3, 0.4) is 0 Å². The van der Waals surface area contributed by atoms with Crippen molar-refractivity contribution in [1.29, 1.82) is 5.26 Å². The average Bonchev–Trinajstić information content (AvgIpc) is 2.99. The predicted molar refractivity (Wildman–Crippen MR) is 77.6 cm³/mol. The molecule has 1 aliphatic rings. The first-order valence-electron chi connectivity index (χ1n) is 6.73. The van der Waals surface area contributed by atoms with Crippen LogP contribution in [0.2, 0.25) is 0 Å². The van der Waals surface area contributed by atoms with Crippen LogP contribution in [0.4, 0.5) is 5.69 Å². The molecular formula is C16H16N2O3. The molecule has 2 rings (SSSR count). The van der Waals surface area contributed by atoms with Gasteiger partial charge in [-0.05, 0) is 37.0 Å². The highest BCUT2D eigenvalue weighted by Gasteiger charge is 2.18. The Morgan fingerprint density at radius 2 is 2.29 bits per heavy atom. The quantitative estimate of drug-likeness (QED) is 0.681. The molecule has 1 N–H and O–H groups in total. The number of carbonyl (C=O) groups excluding carboxylic acids is 2. The lowest BCUT2D eigenvalue weighted by molar-refractivity contribution is -0.116. The molecule has 1 amide bonds. The van der Waals surface area contributed by atoms with Gasteiger partial charge in [0.25, 0.3) is 0 Å². The van der Waals surface area contributed by atoms with Crippen molar-refractivity contribution in [2.75, 3.05) is 12.4 Å². The Kier molecular flexibility index (Phi) is 4.72. The van der Waals surface area contributed by atoms with Crippen molar-refractivity contribution in [2.24, 2.45) is 5.92 Å². The van der Waals surface area contributed by atoms with Crippen LogP contribution < -0.4 is 5.32 Å². The summed E-state index contributed by atoms with van der Waals surface area (Å²) in [5.41, 5.74) is 0.895. The number of hydrogen-bond donors (Lipinski definition) is 1. The third kappa shape index (κ3) is 3.69. The third-order valence-electron chi connectivity index (χ3n) is 3.39. The zero-order chi connectivity index (χ0) is 15.2. The SMILES string of the molecule is COC(=O)c1cc(C#N)ccc1NC(=O)CC1C=CCC1. The average molecular weight is 284 g/mol. The molecule has 1 unspecified atom stereocenters. The van der Waals surface area contributed by atoms with Gasteiger partial charge in [0.05, 0.1) is 30.0 Å². The summed E-state index contributed by atoms with van der Waals surface area (Å²) in [6.45, 7) is 0. The summed E-state index contributed by atoms with van der Waals surface area (Å²) >= 11 is 0. The Labute approximate surface area is 123 Å². The van der Waals surface area contributed by atoms with E-state index in [4.69, 9.17) is 5.26 Å². The molecule has 0 spiro atoms. The van der Waals surface area contributed by atoms with Crippen molar-refractivity contribution >= 4 is 17.6 Å². The molecule has 108 valence electrons. The predicted octanol–water partition coefficient (Wildman–Crippen LogP) is 2.64. The molecule has 0 saturated heterocycles. The van der Waals surface area contributed by atoms with Gasteiger partial charge in [0, 0.05) is 6.42 Å². The fourth-order valence-electron chi connectivity index (χ4n) is 2.31. The third-order valence-corrected chi connectivity index (χ3v) is 3.39. The summed E-state index contributed by atoms with van der Waals surface area (Å²) < 4.78 is 4.68. The van der Waals surface area contributed by atoms with Crippen molar-refractivity contribution < 1.29 is 14.3 Å². The molecule has 1 aromatic carbocycles. The Bertz CT molecular complexity index is 629. The molecule has 1 aliphatic carbocycles. The number of amides is 1. The van der Waals surface area contributed by atoms with Gasteiger partial charge in [0.2, 0.25) is 5.91 Å². The van der Waals surface area contributed by atoms with E-state index in [0.29, 0.717) is 17.7 Å². The minimum Gasteiger partial charge on any atom is -0.465 e. The van der Waals surface area contributed by atoms with Crippen molar-refractivity contribution in [3.8, 4) is 6.07 Å². The summed E-state index contributed by atoms with van der Waals surface area (Å²) in [5.74, 6) is -0.477. The van der Waals surface area contributed by atoms with Gasteiger partial charge >= 0.3 is 5.97 Å². The van der Waals surface area contributed by atoms with E-state index in [1.807, 2.05) is 12.1 Å². The van der Waals surface area contributed by atoms with Gasteiger partial charge in [-0.2, -0.15) is 5.26 Å². The molecule has 1 atom stereocenters. The van der Waals surface area contributed by atoms with Crippen LogP contribution in [0, 0.1) is 17.2 Å². The number of hydrogen-bond acceptors (Lipinski definition) is 4. The largest absolute Gasteiger partial charge is 0.465 e. The summed E-state index contributed by atoms with van der Waals surface area (Å²) in [5, 5.41) is 11.6. The Morgan fingerprint density at radius 3 is 2.90 bits per heavy atom. The number of anilines is 1. The monoisotopic (exact) mass is 284 g/mol. The molecule has 0 bridgehead atoms. The number of esters is 1. The molecule has 0 heterocycles. The summed E-state index contributed by atoms with van der Waals surface area (Å²) in [4.78, 5) is 23.8. The number of ether oxygens (including phenoxy) is 1. The smallest absolute Gasteiger partial charge is 0.340 e. The second-order valence-corrected chi connectivity index (χ2v) is 4.88. The lowest BCUT2D eigenvalue weighted by atomic mass is 10.0. The van der Waals surface area contributed by atoms with E-state index >= 15 is 0 Å². The number of benzene rings is 1. The van der Waals surface area contributed by atoms with E-state index in [2.05, 4.69) is 16.1 Å². The zero-order valence-corrected chi connectivity index (χ0v) is 11.8. The number of nitrogens with one attached hydrogen (secondary N) is 1.